The SMILES string of the molecule is CCCc1noc(CN(C)C(=O)c2cnc3cc(C)[nH]n3c2=O)n1. The van der Waals surface area contributed by atoms with Gasteiger partial charge in [0, 0.05) is 31.4 Å². The fourth-order valence-electron chi connectivity index (χ4n) is 2.39. The molecule has 1 N–H and O–H groups in total. The van der Waals surface area contributed by atoms with Crippen molar-refractivity contribution in [2.45, 2.75) is 33.2 Å². The Morgan fingerprint density at radius 3 is 3.00 bits per heavy atom. The van der Waals surface area contributed by atoms with E-state index in [1.165, 1.54) is 15.6 Å². The maximum Gasteiger partial charge on any atom is 0.285 e. The molecule has 9 heteroatoms. The zero-order valence-electron chi connectivity index (χ0n) is 13.7. The molecule has 3 aromatic heterocycles. The summed E-state index contributed by atoms with van der Waals surface area (Å²) in [5.41, 5.74) is 0.789. The minimum Gasteiger partial charge on any atom is -0.337 e. The molecule has 0 spiro atoms. The summed E-state index contributed by atoms with van der Waals surface area (Å²) in [5, 5.41) is 6.70. The molecule has 0 aliphatic carbocycles. The van der Waals surface area contributed by atoms with Gasteiger partial charge in [0.05, 0.1) is 6.54 Å². The number of aromatic amines is 1. The number of hydrogen-bond acceptors (Lipinski definition) is 6. The van der Waals surface area contributed by atoms with Gasteiger partial charge in [-0.05, 0) is 13.3 Å². The van der Waals surface area contributed by atoms with E-state index in [0.717, 1.165) is 18.5 Å². The molecule has 0 aromatic carbocycles. The number of rotatable bonds is 5. The van der Waals surface area contributed by atoms with E-state index in [4.69, 9.17) is 4.52 Å². The van der Waals surface area contributed by atoms with Gasteiger partial charge < -0.3 is 9.42 Å². The predicted octanol–water partition coefficient (Wildman–Crippen LogP) is 0.939. The molecule has 9 nitrogen and oxygen atoms in total. The topological polar surface area (TPSA) is 109 Å². The van der Waals surface area contributed by atoms with Crippen molar-refractivity contribution in [1.29, 1.82) is 0 Å². The molecule has 126 valence electrons. The molecule has 0 fully saturated rings. The van der Waals surface area contributed by atoms with Crippen molar-refractivity contribution in [2.24, 2.45) is 0 Å². The molecular weight excluding hydrogens is 312 g/mol. The highest BCUT2D eigenvalue weighted by atomic mass is 16.5. The van der Waals surface area contributed by atoms with Gasteiger partial charge in [-0.3, -0.25) is 14.7 Å². The molecule has 3 aromatic rings. The second kappa shape index (κ2) is 6.26. The second-order valence-corrected chi connectivity index (χ2v) is 5.63. The Hall–Kier alpha value is -2.97. The minimum absolute atomic E-state index is 0.0230. The number of aryl methyl sites for hydroxylation is 2. The summed E-state index contributed by atoms with van der Waals surface area (Å²) in [5.74, 6) is 0.488. The lowest BCUT2D eigenvalue weighted by molar-refractivity contribution is 0.0767. The van der Waals surface area contributed by atoms with Crippen molar-refractivity contribution in [3.8, 4) is 0 Å². The Balaban J connectivity index is 1.82. The van der Waals surface area contributed by atoms with E-state index in [0.29, 0.717) is 17.4 Å². The summed E-state index contributed by atoms with van der Waals surface area (Å²) in [6, 6.07) is 1.73. The molecule has 0 atom stereocenters. The molecular formula is C15H18N6O3. The lowest BCUT2D eigenvalue weighted by Gasteiger charge is -2.13. The Kier molecular flexibility index (Phi) is 4.15. The number of aromatic nitrogens is 5. The molecule has 1 amide bonds. The first-order valence-electron chi connectivity index (χ1n) is 7.64. The number of carbonyl (C=O) groups is 1. The highest BCUT2D eigenvalue weighted by Crippen LogP contribution is 2.07. The standard InChI is InChI=1S/C15H18N6O3/c1-4-5-11-17-13(24-19-11)8-20(3)14(22)10-7-16-12-6-9(2)18-21(12)15(10)23/h6-7,18H,4-5,8H2,1-3H3. The van der Waals surface area contributed by atoms with Gasteiger partial charge in [-0.25, -0.2) is 9.50 Å². The number of amides is 1. The minimum atomic E-state index is -0.454. The summed E-state index contributed by atoms with van der Waals surface area (Å²) >= 11 is 0. The third kappa shape index (κ3) is 2.92. The maximum atomic E-state index is 12.5. The van der Waals surface area contributed by atoms with Gasteiger partial charge in [0.25, 0.3) is 11.5 Å². The maximum absolute atomic E-state index is 12.5. The highest BCUT2D eigenvalue weighted by Gasteiger charge is 2.20. The summed E-state index contributed by atoms with van der Waals surface area (Å²) in [4.78, 5) is 34.6. The summed E-state index contributed by atoms with van der Waals surface area (Å²) in [7, 11) is 1.57. The van der Waals surface area contributed by atoms with E-state index in [1.54, 1.807) is 13.1 Å². The monoisotopic (exact) mass is 330 g/mol. The molecule has 24 heavy (non-hydrogen) atoms. The fourth-order valence-corrected chi connectivity index (χ4v) is 2.39. The van der Waals surface area contributed by atoms with Crippen LogP contribution >= 0.6 is 0 Å². The molecule has 0 radical (unpaired) electrons. The van der Waals surface area contributed by atoms with Gasteiger partial charge in [0.1, 0.15) is 5.56 Å². The smallest absolute Gasteiger partial charge is 0.285 e. The van der Waals surface area contributed by atoms with Crippen LogP contribution in [0.2, 0.25) is 0 Å². The van der Waals surface area contributed by atoms with Crippen LogP contribution in [-0.4, -0.2) is 42.6 Å². The first-order valence-corrected chi connectivity index (χ1v) is 7.64. The third-order valence-electron chi connectivity index (χ3n) is 3.56. The average molecular weight is 330 g/mol. The van der Waals surface area contributed by atoms with Gasteiger partial charge >= 0.3 is 0 Å². The summed E-state index contributed by atoms with van der Waals surface area (Å²) in [6.45, 7) is 3.96. The van der Waals surface area contributed by atoms with Gasteiger partial charge in [-0.1, -0.05) is 12.1 Å². The van der Waals surface area contributed by atoms with Crippen molar-refractivity contribution >= 4 is 11.6 Å². The van der Waals surface area contributed by atoms with E-state index >= 15 is 0 Å². The number of hydrogen-bond donors (Lipinski definition) is 1. The molecule has 0 aliphatic rings. The predicted molar refractivity (Wildman–Crippen MR) is 84.6 cm³/mol. The summed E-state index contributed by atoms with van der Waals surface area (Å²) in [6.07, 6.45) is 2.92. The average Bonchev–Trinajstić information content (AvgIpc) is 3.14. The van der Waals surface area contributed by atoms with Crippen molar-refractivity contribution < 1.29 is 9.32 Å². The van der Waals surface area contributed by atoms with Crippen molar-refractivity contribution in [1.82, 2.24) is 29.6 Å². The summed E-state index contributed by atoms with van der Waals surface area (Å²) < 4.78 is 6.37. The quantitative estimate of drug-likeness (QED) is 0.745. The first-order chi connectivity index (χ1) is 11.5. The highest BCUT2D eigenvalue weighted by molar-refractivity contribution is 5.93. The number of nitrogens with one attached hydrogen (secondary N) is 1. The van der Waals surface area contributed by atoms with Crippen LogP contribution < -0.4 is 5.56 Å². The van der Waals surface area contributed by atoms with Crippen molar-refractivity contribution in [3.63, 3.8) is 0 Å². The lowest BCUT2D eigenvalue weighted by Crippen LogP contribution is -2.33. The normalized spacial score (nSPS) is 11.1. The van der Waals surface area contributed by atoms with E-state index in [9.17, 15) is 9.59 Å². The number of H-pyrrole nitrogens is 1. The van der Waals surface area contributed by atoms with E-state index in [-0.39, 0.29) is 12.1 Å². The van der Waals surface area contributed by atoms with Crippen LogP contribution in [0.25, 0.3) is 5.65 Å². The molecule has 0 saturated carbocycles. The van der Waals surface area contributed by atoms with Gasteiger partial charge in [0.15, 0.2) is 11.5 Å². The van der Waals surface area contributed by atoms with Crippen molar-refractivity contribution in [2.75, 3.05) is 7.05 Å². The van der Waals surface area contributed by atoms with Crippen LogP contribution in [0.1, 0.15) is 41.1 Å². The zero-order valence-corrected chi connectivity index (χ0v) is 13.7. The first kappa shape index (κ1) is 15.9. The van der Waals surface area contributed by atoms with Crippen LogP contribution in [0, 0.1) is 6.92 Å². The Morgan fingerprint density at radius 2 is 2.25 bits per heavy atom. The molecule has 0 unspecified atom stereocenters. The number of fused-ring (bicyclic) bond motifs is 1. The largest absolute Gasteiger partial charge is 0.337 e. The zero-order chi connectivity index (χ0) is 17.3. The second-order valence-electron chi connectivity index (χ2n) is 5.63. The molecule has 0 bridgehead atoms. The van der Waals surface area contributed by atoms with Gasteiger partial charge in [0.2, 0.25) is 5.89 Å². The number of nitrogens with zero attached hydrogens (tertiary/aromatic N) is 5. The molecule has 3 heterocycles. The fraction of sp³-hybridized carbons (Fsp3) is 0.400. The van der Waals surface area contributed by atoms with Crippen LogP contribution in [0.5, 0.6) is 0 Å². The van der Waals surface area contributed by atoms with Crippen LogP contribution in [0.4, 0.5) is 0 Å². The van der Waals surface area contributed by atoms with Gasteiger partial charge in [-0.15, -0.1) is 0 Å². The van der Waals surface area contributed by atoms with Crippen LogP contribution in [0.3, 0.4) is 0 Å². The molecule has 0 saturated heterocycles. The van der Waals surface area contributed by atoms with Crippen LogP contribution in [-0.2, 0) is 13.0 Å². The Labute approximate surface area is 137 Å². The molecule has 0 aliphatic heterocycles. The van der Waals surface area contributed by atoms with E-state index < -0.39 is 11.5 Å². The van der Waals surface area contributed by atoms with E-state index in [2.05, 4.69) is 20.2 Å². The van der Waals surface area contributed by atoms with Gasteiger partial charge in [-0.2, -0.15) is 4.98 Å². The third-order valence-corrected chi connectivity index (χ3v) is 3.56. The van der Waals surface area contributed by atoms with Crippen LogP contribution in [0.15, 0.2) is 21.6 Å². The Morgan fingerprint density at radius 1 is 1.46 bits per heavy atom. The molecule has 3 rings (SSSR count). The van der Waals surface area contributed by atoms with Crippen molar-refractivity contribution in [3.05, 3.63) is 45.6 Å². The number of carbonyl (C=O) groups excluding carboxylic acids is 1. The lowest BCUT2D eigenvalue weighted by atomic mass is 10.3. The van der Waals surface area contributed by atoms with E-state index in [1.807, 2.05) is 13.8 Å². The Bertz CT molecular complexity index is 938.